The maximum Gasteiger partial charge on any atom is 0.148 e. The summed E-state index contributed by atoms with van der Waals surface area (Å²) in [5.41, 5.74) is 0. The molecule has 0 aliphatic heterocycles. The van der Waals surface area contributed by atoms with Crippen molar-refractivity contribution in [2.45, 2.75) is 6.54 Å². The van der Waals surface area contributed by atoms with Crippen molar-refractivity contribution < 1.29 is 8.42 Å². The van der Waals surface area contributed by atoms with Crippen LogP contribution < -0.4 is 5.32 Å². The molecule has 0 saturated carbocycles. The van der Waals surface area contributed by atoms with Crippen LogP contribution in [0, 0.1) is 0 Å². The molecule has 104 valence electrons. The minimum Gasteiger partial charge on any atom is -0.314 e. The third kappa shape index (κ3) is 7.33. The summed E-state index contributed by atoms with van der Waals surface area (Å²) in [5.74, 6) is 0.192. The summed E-state index contributed by atoms with van der Waals surface area (Å²) in [6.07, 6.45) is 1.25. The van der Waals surface area contributed by atoms with Gasteiger partial charge in [0, 0.05) is 37.3 Å². The van der Waals surface area contributed by atoms with Crippen LogP contribution in [0.3, 0.4) is 0 Å². The second-order valence-electron chi connectivity index (χ2n) is 4.32. The molecule has 1 N–H and O–H groups in total. The molecule has 1 heterocycles. The van der Waals surface area contributed by atoms with Crippen LogP contribution in [0.1, 0.15) is 4.88 Å². The summed E-state index contributed by atoms with van der Waals surface area (Å²) in [7, 11) is -0.826. The van der Waals surface area contributed by atoms with Gasteiger partial charge in [0.05, 0.1) is 10.1 Å². The van der Waals surface area contributed by atoms with Gasteiger partial charge >= 0.3 is 0 Å². The first-order valence-corrected chi connectivity index (χ1v) is 8.93. The van der Waals surface area contributed by atoms with Gasteiger partial charge in [-0.25, -0.2) is 8.42 Å². The van der Waals surface area contributed by atoms with E-state index in [1.165, 1.54) is 11.1 Å². The molecule has 4 nitrogen and oxygen atoms in total. The largest absolute Gasteiger partial charge is 0.314 e. The number of nitrogens with zero attached hydrogens (tertiary/aromatic N) is 1. The topological polar surface area (TPSA) is 49.4 Å². The van der Waals surface area contributed by atoms with Crippen LogP contribution in [0.4, 0.5) is 0 Å². The van der Waals surface area contributed by atoms with Crippen LogP contribution in [0.25, 0.3) is 0 Å². The number of nitrogens with one attached hydrogen (secondary N) is 1. The Bertz CT molecular complexity index is 459. The van der Waals surface area contributed by atoms with Gasteiger partial charge in [0.25, 0.3) is 0 Å². The van der Waals surface area contributed by atoms with Crippen LogP contribution in [0.2, 0.25) is 4.34 Å². The lowest BCUT2D eigenvalue weighted by Crippen LogP contribution is -2.31. The van der Waals surface area contributed by atoms with Crippen LogP contribution >= 0.6 is 22.9 Å². The molecule has 0 fully saturated rings. The average molecular weight is 311 g/mol. The highest BCUT2D eigenvalue weighted by molar-refractivity contribution is 7.90. The molecular weight excluding hydrogens is 292 g/mol. The normalized spacial score (nSPS) is 12.2. The molecule has 0 aliphatic rings. The van der Waals surface area contributed by atoms with Crippen molar-refractivity contribution in [2.75, 3.05) is 38.7 Å². The fraction of sp³-hybridized carbons (Fsp3) is 0.636. The van der Waals surface area contributed by atoms with Gasteiger partial charge in [-0.3, -0.25) is 0 Å². The van der Waals surface area contributed by atoms with Crippen LogP contribution in [-0.2, 0) is 16.4 Å². The van der Waals surface area contributed by atoms with Crippen molar-refractivity contribution in [3.8, 4) is 0 Å². The highest BCUT2D eigenvalue weighted by atomic mass is 35.5. The lowest BCUT2D eigenvalue weighted by molar-refractivity contribution is 0.328. The maximum absolute atomic E-state index is 10.9. The quantitative estimate of drug-likeness (QED) is 0.739. The molecule has 0 radical (unpaired) electrons. The molecule has 0 bridgehead atoms. The predicted molar refractivity (Wildman–Crippen MR) is 78.2 cm³/mol. The summed E-state index contributed by atoms with van der Waals surface area (Å²) in [5, 5.41) is 3.12. The first kappa shape index (κ1) is 15.9. The molecule has 0 saturated heterocycles. The number of hydrogen-bond acceptors (Lipinski definition) is 5. The van der Waals surface area contributed by atoms with Gasteiger partial charge in [0.15, 0.2) is 0 Å². The molecule has 0 spiro atoms. The van der Waals surface area contributed by atoms with Gasteiger partial charge in [0.1, 0.15) is 9.84 Å². The molecule has 0 aliphatic carbocycles. The molecule has 18 heavy (non-hydrogen) atoms. The smallest absolute Gasteiger partial charge is 0.148 e. The first-order valence-electron chi connectivity index (χ1n) is 5.68. The van der Waals surface area contributed by atoms with E-state index in [1.54, 1.807) is 11.3 Å². The second-order valence-corrected chi connectivity index (χ2v) is 8.38. The Labute approximate surface area is 118 Å². The summed E-state index contributed by atoms with van der Waals surface area (Å²) in [4.78, 5) is 3.41. The van der Waals surface area contributed by atoms with Crippen molar-refractivity contribution in [2.24, 2.45) is 0 Å². The molecular formula is C11H19ClN2O2S2. The van der Waals surface area contributed by atoms with Crippen molar-refractivity contribution in [1.29, 1.82) is 0 Å². The number of halogens is 1. The number of rotatable bonds is 8. The standard InChI is InChI=1S/C11H19ClN2O2S2/c1-14(9-10-3-4-11(12)17-10)7-5-13-6-8-18(2,15)16/h3-4,13H,5-9H2,1-2H3. The lowest BCUT2D eigenvalue weighted by atomic mass is 10.4. The maximum atomic E-state index is 10.9. The van der Waals surface area contributed by atoms with E-state index in [9.17, 15) is 8.42 Å². The summed E-state index contributed by atoms with van der Waals surface area (Å²) >= 11 is 7.45. The minimum absolute atomic E-state index is 0.192. The third-order valence-electron chi connectivity index (χ3n) is 2.37. The molecule has 0 unspecified atom stereocenters. The van der Waals surface area contributed by atoms with Gasteiger partial charge in [-0.1, -0.05) is 11.6 Å². The van der Waals surface area contributed by atoms with Gasteiger partial charge in [-0.05, 0) is 19.2 Å². The molecule has 0 amide bonds. The van der Waals surface area contributed by atoms with Crippen LogP contribution in [-0.4, -0.2) is 52.0 Å². The molecule has 7 heteroatoms. The van der Waals surface area contributed by atoms with Crippen molar-refractivity contribution in [1.82, 2.24) is 10.2 Å². The monoisotopic (exact) mass is 310 g/mol. The van der Waals surface area contributed by atoms with Crippen molar-refractivity contribution in [3.63, 3.8) is 0 Å². The Morgan fingerprint density at radius 3 is 2.67 bits per heavy atom. The highest BCUT2D eigenvalue weighted by Gasteiger charge is 2.04. The van der Waals surface area contributed by atoms with E-state index in [0.717, 1.165) is 24.0 Å². The van der Waals surface area contributed by atoms with Crippen LogP contribution in [0.5, 0.6) is 0 Å². The number of hydrogen-bond donors (Lipinski definition) is 1. The Balaban J connectivity index is 2.12. The lowest BCUT2D eigenvalue weighted by Gasteiger charge is -2.15. The van der Waals surface area contributed by atoms with Crippen molar-refractivity contribution >= 4 is 32.8 Å². The fourth-order valence-corrected chi connectivity index (χ4v) is 3.12. The SMILES string of the molecule is CN(CCNCCS(C)(=O)=O)Cc1ccc(Cl)s1. The Hall–Kier alpha value is -0.140. The van der Waals surface area contributed by atoms with E-state index >= 15 is 0 Å². The van der Waals surface area contributed by atoms with E-state index in [-0.39, 0.29) is 5.75 Å². The third-order valence-corrected chi connectivity index (χ3v) is 4.54. The van der Waals surface area contributed by atoms with Crippen molar-refractivity contribution in [3.05, 3.63) is 21.3 Å². The number of likely N-dealkylation sites (N-methyl/N-ethyl adjacent to an activating group) is 1. The van der Waals surface area contributed by atoms with Gasteiger partial charge in [0.2, 0.25) is 0 Å². The van der Waals surface area contributed by atoms with E-state index in [0.29, 0.717) is 6.54 Å². The zero-order valence-corrected chi connectivity index (χ0v) is 13.0. The minimum atomic E-state index is -2.86. The van der Waals surface area contributed by atoms with Gasteiger partial charge in [-0.15, -0.1) is 11.3 Å². The van der Waals surface area contributed by atoms with E-state index in [2.05, 4.69) is 10.2 Å². The highest BCUT2D eigenvalue weighted by Crippen LogP contribution is 2.22. The van der Waals surface area contributed by atoms with Crippen LogP contribution in [0.15, 0.2) is 12.1 Å². The summed E-state index contributed by atoms with van der Waals surface area (Å²) < 4.78 is 22.6. The summed E-state index contributed by atoms with van der Waals surface area (Å²) in [6.45, 7) is 3.03. The molecule has 1 aromatic rings. The second kappa shape index (κ2) is 7.45. The Kier molecular flexibility index (Phi) is 6.59. The predicted octanol–water partition coefficient (Wildman–Crippen LogP) is 1.47. The molecule has 0 atom stereocenters. The average Bonchev–Trinajstić information content (AvgIpc) is 2.61. The zero-order valence-electron chi connectivity index (χ0n) is 10.6. The number of thiophene rings is 1. The fourth-order valence-electron chi connectivity index (χ4n) is 1.43. The Morgan fingerprint density at radius 1 is 1.39 bits per heavy atom. The summed E-state index contributed by atoms with van der Waals surface area (Å²) in [6, 6.07) is 3.93. The van der Waals surface area contributed by atoms with E-state index in [4.69, 9.17) is 11.6 Å². The van der Waals surface area contributed by atoms with Gasteiger partial charge in [-0.2, -0.15) is 0 Å². The zero-order chi connectivity index (χ0) is 13.6. The molecule has 0 aromatic carbocycles. The Morgan fingerprint density at radius 2 is 2.11 bits per heavy atom. The first-order chi connectivity index (χ1) is 8.37. The van der Waals surface area contributed by atoms with Gasteiger partial charge < -0.3 is 10.2 Å². The molecule has 1 aromatic heterocycles. The van der Waals surface area contributed by atoms with E-state index < -0.39 is 9.84 Å². The number of sulfone groups is 1. The molecule has 1 rings (SSSR count). The van der Waals surface area contributed by atoms with E-state index in [1.807, 2.05) is 19.2 Å².